The highest BCUT2D eigenvalue weighted by atomic mass is 16.5. The van der Waals surface area contributed by atoms with Crippen LogP contribution in [0, 0.1) is 5.41 Å². The summed E-state index contributed by atoms with van der Waals surface area (Å²) in [6.07, 6.45) is 3.63. The third kappa shape index (κ3) is 2.78. The summed E-state index contributed by atoms with van der Waals surface area (Å²) in [6.45, 7) is 0.321. The Morgan fingerprint density at radius 3 is 2.15 bits per heavy atom. The molecule has 1 unspecified atom stereocenters. The summed E-state index contributed by atoms with van der Waals surface area (Å²) in [5.41, 5.74) is 3.75. The van der Waals surface area contributed by atoms with Crippen LogP contribution in [0.2, 0.25) is 0 Å². The lowest BCUT2D eigenvalue weighted by Gasteiger charge is -2.19. The molecule has 1 aliphatic carbocycles. The summed E-state index contributed by atoms with van der Waals surface area (Å²) in [6, 6.07) is 5.48. The highest BCUT2D eigenvalue weighted by molar-refractivity contribution is 6.11. The molecule has 26 heavy (non-hydrogen) atoms. The van der Waals surface area contributed by atoms with Gasteiger partial charge in [-0.15, -0.1) is 0 Å². The molecule has 4 rings (SSSR count). The number of hydrogen-bond acceptors (Lipinski definition) is 6. The third-order valence-corrected chi connectivity index (χ3v) is 5.15. The van der Waals surface area contributed by atoms with Crippen LogP contribution >= 0.6 is 0 Å². The van der Waals surface area contributed by atoms with Crippen LogP contribution < -0.4 is 25.0 Å². The number of nitrogens with zero attached hydrogens (tertiary/aromatic N) is 1. The predicted molar refractivity (Wildman–Crippen MR) is 99.4 cm³/mol. The quantitative estimate of drug-likeness (QED) is 0.663. The number of benzene rings is 1. The van der Waals surface area contributed by atoms with Gasteiger partial charge in [0.05, 0.1) is 26.3 Å². The van der Waals surface area contributed by atoms with Crippen LogP contribution in [-0.4, -0.2) is 37.8 Å². The lowest BCUT2D eigenvalue weighted by Crippen LogP contribution is -2.26. The first-order valence-corrected chi connectivity index (χ1v) is 8.88. The van der Waals surface area contributed by atoms with E-state index in [0.29, 0.717) is 23.6 Å². The largest absolute Gasteiger partial charge is 0.497 e. The van der Waals surface area contributed by atoms with Crippen molar-refractivity contribution in [2.45, 2.75) is 31.8 Å². The normalized spacial score (nSPS) is 22.3. The first kappa shape index (κ1) is 16.8. The fourth-order valence-electron chi connectivity index (χ4n) is 3.78. The summed E-state index contributed by atoms with van der Waals surface area (Å²) in [5, 5.41) is 26.0. The minimum absolute atomic E-state index is 0.280. The van der Waals surface area contributed by atoms with Gasteiger partial charge in [-0.1, -0.05) is 0 Å². The van der Waals surface area contributed by atoms with Gasteiger partial charge in [0.1, 0.15) is 29.3 Å². The Morgan fingerprint density at radius 1 is 1.04 bits per heavy atom. The highest BCUT2D eigenvalue weighted by Gasteiger charge is 2.37. The molecule has 2 heterocycles. The van der Waals surface area contributed by atoms with E-state index in [1.807, 2.05) is 12.1 Å². The second-order valence-corrected chi connectivity index (χ2v) is 6.75. The molecule has 0 bridgehead atoms. The van der Waals surface area contributed by atoms with Gasteiger partial charge in [-0.2, -0.15) is 0 Å². The number of rotatable bonds is 3. The van der Waals surface area contributed by atoms with Crippen molar-refractivity contribution < 1.29 is 14.6 Å². The van der Waals surface area contributed by atoms with E-state index in [-0.39, 0.29) is 5.84 Å². The summed E-state index contributed by atoms with van der Waals surface area (Å²) in [4.78, 5) is 1.78. The molecule has 0 saturated carbocycles. The van der Waals surface area contributed by atoms with Gasteiger partial charge in [-0.05, 0) is 25.7 Å². The maximum absolute atomic E-state index is 10.6. The smallest absolute Gasteiger partial charge is 0.134 e. The number of β-amino-alcohol motifs (C(OH)–C–C–N with tert-alkyl or cyclic N) is 1. The fourth-order valence-corrected chi connectivity index (χ4v) is 3.78. The molecule has 2 aliphatic heterocycles. The van der Waals surface area contributed by atoms with E-state index in [2.05, 4.69) is 10.6 Å². The van der Waals surface area contributed by atoms with E-state index >= 15 is 0 Å². The Hall–Kier alpha value is -2.67. The van der Waals surface area contributed by atoms with Gasteiger partial charge >= 0.3 is 0 Å². The molecule has 4 N–H and O–H groups in total. The molecule has 0 amide bonds. The minimum Gasteiger partial charge on any atom is -0.497 e. The first-order chi connectivity index (χ1) is 12.6. The molecule has 1 fully saturated rings. The number of aliphatic hydroxyl groups excluding tert-OH is 1. The zero-order valence-corrected chi connectivity index (χ0v) is 15.1. The van der Waals surface area contributed by atoms with E-state index in [9.17, 15) is 5.11 Å². The van der Waals surface area contributed by atoms with Crippen LogP contribution in [0.15, 0.2) is 41.0 Å². The number of amidine groups is 1. The minimum atomic E-state index is -0.740. The van der Waals surface area contributed by atoms with Gasteiger partial charge < -0.3 is 30.1 Å². The second kappa shape index (κ2) is 6.57. The van der Waals surface area contributed by atoms with Gasteiger partial charge in [-0.3, -0.25) is 5.41 Å². The highest BCUT2D eigenvalue weighted by Crippen LogP contribution is 2.34. The van der Waals surface area contributed by atoms with E-state index in [4.69, 9.17) is 14.9 Å². The number of methoxy groups -OCH3 is 2. The molecule has 0 radical (unpaired) electrons. The molecule has 7 heteroatoms. The Balaban J connectivity index is 1.64. The Bertz CT molecular complexity index is 773. The molecule has 7 nitrogen and oxygen atoms in total. The summed E-state index contributed by atoms with van der Waals surface area (Å²) in [5.74, 6) is 2.32. The molecule has 1 atom stereocenters. The van der Waals surface area contributed by atoms with Crippen molar-refractivity contribution in [1.29, 1.82) is 5.41 Å². The fraction of sp³-hybridized carbons (Fsp3) is 0.421. The molecule has 1 aromatic carbocycles. The number of nitrogens with one attached hydrogen (secondary N) is 3. The molecule has 0 aromatic heterocycles. The van der Waals surface area contributed by atoms with E-state index < -0.39 is 6.10 Å². The number of aliphatic hydroxyl groups is 1. The number of anilines is 1. The lowest BCUT2D eigenvalue weighted by atomic mass is 10.0. The second-order valence-electron chi connectivity index (χ2n) is 6.75. The summed E-state index contributed by atoms with van der Waals surface area (Å²) < 4.78 is 10.7. The SMILES string of the molecule is COc1cc(OC)cc(N2CC(O)C(=C3NC4=C(CCCC4)N3)C2=N)c1. The van der Waals surface area contributed by atoms with Crippen LogP contribution in [0.25, 0.3) is 0 Å². The topological polar surface area (TPSA) is 89.8 Å². The number of ether oxygens (including phenoxy) is 2. The van der Waals surface area contributed by atoms with Gasteiger partial charge in [0.2, 0.25) is 0 Å². The predicted octanol–water partition coefficient (Wildman–Crippen LogP) is 2.05. The van der Waals surface area contributed by atoms with Gasteiger partial charge in [0.25, 0.3) is 0 Å². The zero-order valence-electron chi connectivity index (χ0n) is 15.1. The Morgan fingerprint density at radius 2 is 1.62 bits per heavy atom. The maximum atomic E-state index is 10.6. The van der Waals surface area contributed by atoms with E-state index in [1.165, 1.54) is 24.2 Å². The monoisotopic (exact) mass is 356 g/mol. The third-order valence-electron chi connectivity index (χ3n) is 5.15. The van der Waals surface area contributed by atoms with Crippen LogP contribution in [0.4, 0.5) is 5.69 Å². The van der Waals surface area contributed by atoms with Crippen molar-refractivity contribution >= 4 is 11.5 Å². The van der Waals surface area contributed by atoms with Crippen molar-refractivity contribution in [2.75, 3.05) is 25.7 Å². The van der Waals surface area contributed by atoms with Crippen molar-refractivity contribution in [3.63, 3.8) is 0 Å². The zero-order chi connectivity index (χ0) is 18.3. The van der Waals surface area contributed by atoms with Crippen LogP contribution in [0.1, 0.15) is 25.7 Å². The van der Waals surface area contributed by atoms with Crippen molar-refractivity contribution in [3.8, 4) is 11.5 Å². The van der Waals surface area contributed by atoms with Crippen molar-refractivity contribution in [1.82, 2.24) is 10.6 Å². The van der Waals surface area contributed by atoms with Crippen LogP contribution in [0.3, 0.4) is 0 Å². The molecule has 1 saturated heterocycles. The average Bonchev–Trinajstić information content (AvgIpc) is 3.21. The average molecular weight is 356 g/mol. The molecular formula is C19H24N4O3. The summed E-state index contributed by atoms with van der Waals surface area (Å²) in [7, 11) is 3.19. The molecule has 3 aliphatic rings. The number of allylic oxidation sites excluding steroid dienone is 2. The van der Waals surface area contributed by atoms with Crippen molar-refractivity contribution in [2.24, 2.45) is 0 Å². The standard InChI is InChI=1S/C19H24N4O3/c1-25-12-7-11(8-13(9-12)26-2)23-10-16(24)17(18(23)20)19-21-14-5-3-4-6-15(14)22-19/h7-9,16,20-22,24H,3-6,10H2,1-2H3. The molecule has 0 spiro atoms. The lowest BCUT2D eigenvalue weighted by molar-refractivity contribution is 0.232. The van der Waals surface area contributed by atoms with Gasteiger partial charge in [0, 0.05) is 35.3 Å². The maximum Gasteiger partial charge on any atom is 0.134 e. The first-order valence-electron chi connectivity index (χ1n) is 8.88. The Labute approximate surface area is 152 Å². The Kier molecular flexibility index (Phi) is 4.24. The number of hydrogen-bond donors (Lipinski definition) is 4. The van der Waals surface area contributed by atoms with E-state index in [1.54, 1.807) is 25.2 Å². The van der Waals surface area contributed by atoms with Gasteiger partial charge in [0.15, 0.2) is 0 Å². The van der Waals surface area contributed by atoms with Gasteiger partial charge in [-0.25, -0.2) is 0 Å². The molecule has 138 valence electrons. The van der Waals surface area contributed by atoms with Crippen LogP contribution in [-0.2, 0) is 0 Å². The van der Waals surface area contributed by atoms with E-state index in [0.717, 1.165) is 24.4 Å². The van der Waals surface area contributed by atoms with Crippen molar-refractivity contribution in [3.05, 3.63) is 41.0 Å². The molecular weight excluding hydrogens is 332 g/mol. The summed E-state index contributed by atoms with van der Waals surface area (Å²) >= 11 is 0. The molecule has 1 aromatic rings. The van der Waals surface area contributed by atoms with Crippen LogP contribution in [0.5, 0.6) is 11.5 Å².